The van der Waals surface area contributed by atoms with Crippen LogP contribution in [0.1, 0.15) is 33.0 Å². The largest absolute Gasteiger partial charge is 0.469 e. The molecule has 1 N–H and O–H groups in total. The van der Waals surface area contributed by atoms with Gasteiger partial charge in [-0.05, 0) is 45.5 Å². The SMILES string of the molecule is CC(C)CC(CNC(C)Cc1ccco1)N(C)C. The van der Waals surface area contributed by atoms with Gasteiger partial charge in [0.2, 0.25) is 0 Å². The molecule has 3 heteroatoms. The maximum Gasteiger partial charge on any atom is 0.105 e. The molecule has 0 aliphatic heterocycles. The number of furan rings is 1. The first-order valence-corrected chi connectivity index (χ1v) is 6.91. The molecule has 2 atom stereocenters. The zero-order valence-electron chi connectivity index (χ0n) is 12.4. The quantitative estimate of drug-likeness (QED) is 0.771. The topological polar surface area (TPSA) is 28.4 Å². The Hall–Kier alpha value is -0.800. The first kappa shape index (κ1) is 15.3. The highest BCUT2D eigenvalue weighted by Crippen LogP contribution is 2.09. The maximum atomic E-state index is 5.37. The predicted octanol–water partition coefficient (Wildman–Crippen LogP) is 2.78. The van der Waals surface area contributed by atoms with Gasteiger partial charge in [-0.1, -0.05) is 13.8 Å². The highest BCUT2D eigenvalue weighted by molar-refractivity contribution is 5.00. The summed E-state index contributed by atoms with van der Waals surface area (Å²) in [5.74, 6) is 1.79. The molecular formula is C15H28N2O. The minimum Gasteiger partial charge on any atom is -0.469 e. The fourth-order valence-corrected chi connectivity index (χ4v) is 2.16. The molecule has 0 saturated carbocycles. The van der Waals surface area contributed by atoms with Crippen LogP contribution < -0.4 is 5.32 Å². The van der Waals surface area contributed by atoms with Crippen LogP contribution in [0.25, 0.3) is 0 Å². The van der Waals surface area contributed by atoms with Crippen molar-refractivity contribution in [3.8, 4) is 0 Å². The lowest BCUT2D eigenvalue weighted by Crippen LogP contribution is -2.42. The molecule has 1 aromatic heterocycles. The molecule has 0 radical (unpaired) electrons. The van der Waals surface area contributed by atoms with Crippen LogP contribution in [0.15, 0.2) is 22.8 Å². The smallest absolute Gasteiger partial charge is 0.105 e. The van der Waals surface area contributed by atoms with Gasteiger partial charge >= 0.3 is 0 Å². The van der Waals surface area contributed by atoms with Gasteiger partial charge in [-0.3, -0.25) is 0 Å². The third kappa shape index (κ3) is 5.69. The van der Waals surface area contributed by atoms with E-state index in [4.69, 9.17) is 4.42 Å². The molecule has 0 spiro atoms. The summed E-state index contributed by atoms with van der Waals surface area (Å²) in [4.78, 5) is 2.31. The van der Waals surface area contributed by atoms with E-state index in [1.165, 1.54) is 6.42 Å². The monoisotopic (exact) mass is 252 g/mol. The van der Waals surface area contributed by atoms with E-state index in [-0.39, 0.29) is 0 Å². The highest BCUT2D eigenvalue weighted by Gasteiger charge is 2.14. The summed E-state index contributed by atoms with van der Waals surface area (Å²) in [6.45, 7) is 7.81. The van der Waals surface area contributed by atoms with Gasteiger partial charge < -0.3 is 14.6 Å². The summed E-state index contributed by atoms with van der Waals surface area (Å²) in [5.41, 5.74) is 0. The Labute approximate surface area is 112 Å². The van der Waals surface area contributed by atoms with Crippen molar-refractivity contribution in [2.75, 3.05) is 20.6 Å². The molecular weight excluding hydrogens is 224 g/mol. The van der Waals surface area contributed by atoms with Gasteiger partial charge in [-0.2, -0.15) is 0 Å². The van der Waals surface area contributed by atoms with E-state index < -0.39 is 0 Å². The summed E-state index contributed by atoms with van der Waals surface area (Å²) in [5, 5.41) is 3.61. The lowest BCUT2D eigenvalue weighted by atomic mass is 10.0. The van der Waals surface area contributed by atoms with Gasteiger partial charge in [0.05, 0.1) is 6.26 Å². The van der Waals surface area contributed by atoms with Crippen molar-refractivity contribution in [3.05, 3.63) is 24.2 Å². The summed E-state index contributed by atoms with van der Waals surface area (Å²) in [7, 11) is 4.32. The molecule has 0 bridgehead atoms. The van der Waals surface area contributed by atoms with Gasteiger partial charge in [0, 0.05) is 25.0 Å². The minimum atomic E-state index is 0.450. The van der Waals surface area contributed by atoms with E-state index in [0.29, 0.717) is 12.1 Å². The number of hydrogen-bond acceptors (Lipinski definition) is 3. The van der Waals surface area contributed by atoms with Gasteiger partial charge in [-0.15, -0.1) is 0 Å². The third-order valence-electron chi connectivity index (χ3n) is 3.26. The zero-order valence-corrected chi connectivity index (χ0v) is 12.4. The van der Waals surface area contributed by atoms with Crippen LogP contribution in [-0.4, -0.2) is 37.6 Å². The molecule has 0 saturated heterocycles. The average molecular weight is 252 g/mol. The van der Waals surface area contributed by atoms with Gasteiger partial charge in [0.15, 0.2) is 0 Å². The molecule has 1 aromatic rings. The van der Waals surface area contributed by atoms with Crippen molar-refractivity contribution in [3.63, 3.8) is 0 Å². The molecule has 0 amide bonds. The number of nitrogens with one attached hydrogen (secondary N) is 1. The van der Waals surface area contributed by atoms with Crippen LogP contribution in [0.2, 0.25) is 0 Å². The number of likely N-dealkylation sites (N-methyl/N-ethyl adjacent to an activating group) is 1. The first-order valence-electron chi connectivity index (χ1n) is 6.91. The Morgan fingerprint density at radius 3 is 2.50 bits per heavy atom. The third-order valence-corrected chi connectivity index (χ3v) is 3.26. The predicted molar refractivity (Wildman–Crippen MR) is 76.8 cm³/mol. The fourth-order valence-electron chi connectivity index (χ4n) is 2.16. The van der Waals surface area contributed by atoms with E-state index in [1.54, 1.807) is 6.26 Å². The second kappa shape index (κ2) is 7.59. The van der Waals surface area contributed by atoms with E-state index in [2.05, 4.69) is 45.1 Å². The standard InChI is InChI=1S/C15H28N2O/c1-12(2)9-14(17(4)5)11-16-13(3)10-15-7-6-8-18-15/h6-8,12-14,16H,9-11H2,1-5H3. The van der Waals surface area contributed by atoms with Crippen LogP contribution in [-0.2, 0) is 6.42 Å². The molecule has 104 valence electrons. The second-order valence-electron chi connectivity index (χ2n) is 5.84. The Morgan fingerprint density at radius 2 is 2.00 bits per heavy atom. The minimum absolute atomic E-state index is 0.450. The molecule has 1 rings (SSSR count). The van der Waals surface area contributed by atoms with Crippen molar-refractivity contribution in [2.24, 2.45) is 5.92 Å². The lowest BCUT2D eigenvalue weighted by molar-refractivity contribution is 0.240. The average Bonchev–Trinajstić information content (AvgIpc) is 2.76. The van der Waals surface area contributed by atoms with Crippen molar-refractivity contribution in [2.45, 2.75) is 45.7 Å². The highest BCUT2D eigenvalue weighted by atomic mass is 16.3. The fraction of sp³-hybridized carbons (Fsp3) is 0.733. The van der Waals surface area contributed by atoms with E-state index in [9.17, 15) is 0 Å². The molecule has 18 heavy (non-hydrogen) atoms. The Kier molecular flexibility index (Phi) is 6.44. The number of rotatable bonds is 8. The summed E-state index contributed by atoms with van der Waals surface area (Å²) in [6.07, 6.45) is 3.92. The van der Waals surface area contributed by atoms with E-state index in [1.807, 2.05) is 12.1 Å². The van der Waals surface area contributed by atoms with Crippen LogP contribution in [0.3, 0.4) is 0 Å². The first-order chi connectivity index (χ1) is 8.49. The van der Waals surface area contributed by atoms with Crippen molar-refractivity contribution < 1.29 is 4.42 Å². The molecule has 3 nitrogen and oxygen atoms in total. The molecule has 1 heterocycles. The molecule has 0 fully saturated rings. The normalized spacial score (nSPS) is 15.3. The van der Waals surface area contributed by atoms with Crippen LogP contribution in [0, 0.1) is 5.92 Å². The number of nitrogens with zero attached hydrogens (tertiary/aromatic N) is 1. The van der Waals surface area contributed by atoms with Crippen molar-refractivity contribution in [1.29, 1.82) is 0 Å². The summed E-state index contributed by atoms with van der Waals surface area (Å²) < 4.78 is 5.37. The maximum absolute atomic E-state index is 5.37. The summed E-state index contributed by atoms with van der Waals surface area (Å²) >= 11 is 0. The Morgan fingerprint density at radius 1 is 1.28 bits per heavy atom. The van der Waals surface area contributed by atoms with Crippen molar-refractivity contribution in [1.82, 2.24) is 10.2 Å². The second-order valence-corrected chi connectivity index (χ2v) is 5.84. The van der Waals surface area contributed by atoms with Gasteiger partial charge in [0.1, 0.15) is 5.76 Å². The number of hydrogen-bond donors (Lipinski definition) is 1. The van der Waals surface area contributed by atoms with Crippen LogP contribution in [0.5, 0.6) is 0 Å². The molecule has 0 aliphatic carbocycles. The van der Waals surface area contributed by atoms with Crippen molar-refractivity contribution >= 4 is 0 Å². The van der Waals surface area contributed by atoms with Gasteiger partial charge in [-0.25, -0.2) is 0 Å². The Balaban J connectivity index is 2.32. The van der Waals surface area contributed by atoms with Crippen LogP contribution >= 0.6 is 0 Å². The summed E-state index contributed by atoms with van der Waals surface area (Å²) in [6, 6.07) is 5.04. The van der Waals surface area contributed by atoms with E-state index >= 15 is 0 Å². The molecule has 0 aliphatic rings. The molecule has 0 aromatic carbocycles. The zero-order chi connectivity index (χ0) is 13.5. The van der Waals surface area contributed by atoms with E-state index in [0.717, 1.165) is 24.6 Å². The Bertz CT molecular complexity index is 306. The molecule has 2 unspecified atom stereocenters. The van der Waals surface area contributed by atoms with Gasteiger partial charge in [0.25, 0.3) is 0 Å². The van der Waals surface area contributed by atoms with Crippen LogP contribution in [0.4, 0.5) is 0 Å². The lowest BCUT2D eigenvalue weighted by Gasteiger charge is -2.27.